The smallest absolute Gasteiger partial charge is 0.256 e. The summed E-state index contributed by atoms with van der Waals surface area (Å²) in [5, 5.41) is 3.01. The zero-order chi connectivity index (χ0) is 20.2. The van der Waals surface area contributed by atoms with Gasteiger partial charge in [0.05, 0.1) is 12.1 Å². The van der Waals surface area contributed by atoms with E-state index >= 15 is 0 Å². The fourth-order valence-corrected chi connectivity index (χ4v) is 3.56. The van der Waals surface area contributed by atoms with Crippen LogP contribution in [0.15, 0.2) is 36.7 Å². The lowest BCUT2D eigenvalue weighted by atomic mass is 10.0. The molecular formula is C23H27N3O3. The molecule has 2 aromatic rings. The zero-order valence-electron chi connectivity index (χ0n) is 16.8. The molecule has 1 aromatic carbocycles. The number of rotatable bonds is 6. The molecule has 29 heavy (non-hydrogen) atoms. The van der Waals surface area contributed by atoms with Crippen LogP contribution in [0.2, 0.25) is 0 Å². The fourth-order valence-electron chi connectivity index (χ4n) is 3.56. The van der Waals surface area contributed by atoms with Crippen molar-refractivity contribution >= 4 is 11.8 Å². The molecule has 0 bridgehead atoms. The topological polar surface area (TPSA) is 71.5 Å². The van der Waals surface area contributed by atoms with Gasteiger partial charge in [0.15, 0.2) is 0 Å². The summed E-state index contributed by atoms with van der Waals surface area (Å²) in [7, 11) is 0. The Morgan fingerprint density at radius 3 is 2.93 bits per heavy atom. The van der Waals surface area contributed by atoms with Crippen molar-refractivity contribution in [3.63, 3.8) is 0 Å². The van der Waals surface area contributed by atoms with Crippen LogP contribution in [-0.2, 0) is 17.8 Å². The lowest BCUT2D eigenvalue weighted by molar-refractivity contribution is -0.121. The van der Waals surface area contributed by atoms with Gasteiger partial charge in [0.1, 0.15) is 12.4 Å². The number of ether oxygens (including phenoxy) is 1. The second-order valence-corrected chi connectivity index (χ2v) is 7.96. The number of hydrogen-bond acceptors (Lipinski definition) is 4. The first kappa shape index (κ1) is 19.4. The summed E-state index contributed by atoms with van der Waals surface area (Å²) in [5.74, 6) is 1.57. The van der Waals surface area contributed by atoms with E-state index in [2.05, 4.69) is 16.4 Å². The molecule has 2 heterocycles. The Morgan fingerprint density at radius 1 is 1.28 bits per heavy atom. The van der Waals surface area contributed by atoms with Crippen LogP contribution in [0.4, 0.5) is 0 Å². The van der Waals surface area contributed by atoms with E-state index < -0.39 is 0 Å². The maximum Gasteiger partial charge on any atom is 0.256 e. The number of hydrogen-bond donors (Lipinski definition) is 1. The van der Waals surface area contributed by atoms with Gasteiger partial charge in [-0.3, -0.25) is 14.6 Å². The van der Waals surface area contributed by atoms with E-state index in [0.717, 1.165) is 29.0 Å². The van der Waals surface area contributed by atoms with Crippen LogP contribution in [0.3, 0.4) is 0 Å². The Labute approximate surface area is 171 Å². The Kier molecular flexibility index (Phi) is 5.79. The summed E-state index contributed by atoms with van der Waals surface area (Å²) in [6.45, 7) is 4.21. The van der Waals surface area contributed by atoms with Crippen molar-refractivity contribution in [2.75, 3.05) is 19.7 Å². The molecule has 1 aromatic heterocycles. The third-order valence-electron chi connectivity index (χ3n) is 5.59. The molecular weight excluding hydrogens is 366 g/mol. The number of amides is 2. The Morgan fingerprint density at radius 2 is 2.14 bits per heavy atom. The van der Waals surface area contributed by atoms with Crippen LogP contribution in [0, 0.1) is 12.8 Å². The molecule has 1 fully saturated rings. The monoisotopic (exact) mass is 393 g/mol. The van der Waals surface area contributed by atoms with Crippen molar-refractivity contribution in [1.82, 2.24) is 15.2 Å². The number of nitrogens with one attached hydrogen (secondary N) is 1. The third kappa shape index (κ3) is 4.94. The molecule has 1 aliphatic heterocycles. The van der Waals surface area contributed by atoms with Crippen molar-refractivity contribution in [1.29, 1.82) is 0 Å². The number of benzene rings is 1. The molecule has 4 rings (SSSR count). The Balaban J connectivity index is 1.42. The normalized spacial score (nSPS) is 15.8. The molecule has 6 heteroatoms. The minimum atomic E-state index is -0.0306. The third-order valence-corrected chi connectivity index (χ3v) is 5.59. The predicted octanol–water partition coefficient (Wildman–Crippen LogP) is 2.88. The Hall–Kier alpha value is -2.89. The predicted molar refractivity (Wildman–Crippen MR) is 110 cm³/mol. The highest BCUT2D eigenvalue weighted by Gasteiger charge is 2.23. The van der Waals surface area contributed by atoms with E-state index in [0.29, 0.717) is 44.0 Å². The molecule has 1 aliphatic carbocycles. The summed E-state index contributed by atoms with van der Waals surface area (Å²) in [6.07, 6.45) is 6.95. The van der Waals surface area contributed by atoms with Crippen LogP contribution in [0.5, 0.6) is 5.75 Å². The zero-order valence-corrected chi connectivity index (χ0v) is 16.8. The summed E-state index contributed by atoms with van der Waals surface area (Å²) in [6, 6.07) is 7.87. The highest BCUT2D eigenvalue weighted by molar-refractivity contribution is 5.95. The van der Waals surface area contributed by atoms with E-state index in [1.165, 1.54) is 12.8 Å². The number of carbonyl (C=O) groups is 2. The minimum absolute atomic E-state index is 0.0306. The van der Waals surface area contributed by atoms with Crippen molar-refractivity contribution < 1.29 is 14.3 Å². The van der Waals surface area contributed by atoms with Crippen molar-refractivity contribution in [3.8, 4) is 5.75 Å². The summed E-state index contributed by atoms with van der Waals surface area (Å²) < 4.78 is 5.86. The van der Waals surface area contributed by atoms with Gasteiger partial charge in [-0.05, 0) is 55.4 Å². The highest BCUT2D eigenvalue weighted by Crippen LogP contribution is 2.28. The van der Waals surface area contributed by atoms with Gasteiger partial charge in [0, 0.05) is 37.5 Å². The molecule has 1 N–H and O–H groups in total. The van der Waals surface area contributed by atoms with Gasteiger partial charge in [-0.1, -0.05) is 12.1 Å². The highest BCUT2D eigenvalue weighted by atomic mass is 16.5. The SMILES string of the molecule is Cc1ccncc1C(=O)N1CCOc2ccc(CCC(=O)NCC3CC3)cc2C1. The number of nitrogens with zero attached hydrogens (tertiary/aromatic N) is 2. The molecule has 0 saturated heterocycles. The fraction of sp³-hybridized carbons (Fsp3) is 0.435. The maximum atomic E-state index is 13.0. The summed E-state index contributed by atoms with van der Waals surface area (Å²) in [5.41, 5.74) is 3.61. The van der Waals surface area contributed by atoms with Gasteiger partial charge in [0.25, 0.3) is 5.91 Å². The quantitative estimate of drug-likeness (QED) is 0.819. The summed E-state index contributed by atoms with van der Waals surface area (Å²) >= 11 is 0. The second kappa shape index (κ2) is 8.64. The molecule has 2 amide bonds. The number of aromatic nitrogens is 1. The van der Waals surface area contributed by atoms with Gasteiger partial charge >= 0.3 is 0 Å². The molecule has 1 saturated carbocycles. The van der Waals surface area contributed by atoms with Gasteiger partial charge in [-0.15, -0.1) is 0 Å². The van der Waals surface area contributed by atoms with E-state index in [1.807, 2.05) is 30.0 Å². The van der Waals surface area contributed by atoms with Crippen LogP contribution in [0.1, 0.15) is 46.3 Å². The first-order chi connectivity index (χ1) is 14.1. The second-order valence-electron chi connectivity index (χ2n) is 7.96. The first-order valence-corrected chi connectivity index (χ1v) is 10.3. The number of pyridine rings is 1. The molecule has 0 radical (unpaired) electrons. The summed E-state index contributed by atoms with van der Waals surface area (Å²) in [4.78, 5) is 30.9. The number of aryl methyl sites for hydroxylation is 2. The molecule has 6 nitrogen and oxygen atoms in total. The van der Waals surface area contributed by atoms with Gasteiger partial charge in [-0.25, -0.2) is 0 Å². The van der Waals surface area contributed by atoms with E-state index in [1.54, 1.807) is 12.4 Å². The Bertz CT molecular complexity index is 908. The van der Waals surface area contributed by atoms with Gasteiger partial charge < -0.3 is 15.0 Å². The molecule has 0 spiro atoms. The standard InChI is InChI=1S/C23H27N3O3/c1-16-8-9-24-14-20(16)23(28)26-10-11-29-21-6-4-17(12-19(21)15-26)5-7-22(27)25-13-18-2-3-18/h4,6,8-9,12,14,18H,2-3,5,7,10-11,13,15H2,1H3,(H,25,27). The van der Waals surface area contributed by atoms with Crippen LogP contribution in [-0.4, -0.2) is 41.4 Å². The van der Waals surface area contributed by atoms with E-state index in [4.69, 9.17) is 4.74 Å². The van der Waals surface area contributed by atoms with Gasteiger partial charge in [0.2, 0.25) is 5.91 Å². The average molecular weight is 393 g/mol. The van der Waals surface area contributed by atoms with E-state index in [9.17, 15) is 9.59 Å². The van der Waals surface area contributed by atoms with Gasteiger partial charge in [-0.2, -0.15) is 0 Å². The molecule has 0 unspecified atom stereocenters. The number of carbonyl (C=O) groups excluding carboxylic acids is 2. The lowest BCUT2D eigenvalue weighted by Gasteiger charge is -2.20. The van der Waals surface area contributed by atoms with Crippen LogP contribution in [0.25, 0.3) is 0 Å². The van der Waals surface area contributed by atoms with Crippen LogP contribution >= 0.6 is 0 Å². The lowest BCUT2D eigenvalue weighted by Crippen LogP contribution is -2.33. The molecule has 152 valence electrons. The molecule has 0 atom stereocenters. The van der Waals surface area contributed by atoms with Crippen molar-refractivity contribution in [2.45, 2.75) is 39.2 Å². The van der Waals surface area contributed by atoms with Crippen LogP contribution < -0.4 is 10.1 Å². The minimum Gasteiger partial charge on any atom is -0.491 e. The number of fused-ring (bicyclic) bond motifs is 1. The molecule has 2 aliphatic rings. The van der Waals surface area contributed by atoms with E-state index in [-0.39, 0.29) is 11.8 Å². The maximum absolute atomic E-state index is 13.0. The van der Waals surface area contributed by atoms with Crippen molar-refractivity contribution in [3.05, 3.63) is 58.9 Å². The first-order valence-electron chi connectivity index (χ1n) is 10.3. The average Bonchev–Trinajstić information content (AvgIpc) is 3.56. The largest absolute Gasteiger partial charge is 0.491 e. The van der Waals surface area contributed by atoms with Crippen molar-refractivity contribution in [2.24, 2.45) is 5.92 Å².